The maximum absolute atomic E-state index is 12.7. The predicted molar refractivity (Wildman–Crippen MR) is 108 cm³/mol. The third-order valence-corrected chi connectivity index (χ3v) is 5.91. The average Bonchev–Trinajstić information content (AvgIpc) is 3.39. The van der Waals surface area contributed by atoms with Gasteiger partial charge in [-0.05, 0) is 11.5 Å². The molecule has 29 heavy (non-hydrogen) atoms. The minimum Gasteiger partial charge on any atom is -0.386 e. The largest absolute Gasteiger partial charge is 0.386 e. The zero-order chi connectivity index (χ0) is 20.3. The van der Waals surface area contributed by atoms with Crippen molar-refractivity contribution in [1.29, 1.82) is 0 Å². The van der Waals surface area contributed by atoms with E-state index in [4.69, 9.17) is 9.57 Å². The van der Waals surface area contributed by atoms with Gasteiger partial charge in [-0.25, -0.2) is 4.79 Å². The van der Waals surface area contributed by atoms with Crippen LogP contribution in [-0.2, 0) is 14.4 Å². The highest BCUT2D eigenvalue weighted by Crippen LogP contribution is 2.34. The number of ether oxygens (including phenoxy) is 1. The number of oxime groups is 1. The van der Waals surface area contributed by atoms with Crippen LogP contribution in [0.4, 0.5) is 4.79 Å². The first kappa shape index (κ1) is 19.7. The van der Waals surface area contributed by atoms with Crippen molar-refractivity contribution < 1.29 is 19.2 Å². The molecule has 3 aliphatic rings. The summed E-state index contributed by atoms with van der Waals surface area (Å²) in [5.41, 5.74) is 1.02. The first-order valence-corrected chi connectivity index (χ1v) is 10.3. The van der Waals surface area contributed by atoms with Crippen LogP contribution in [0.1, 0.15) is 31.2 Å². The summed E-state index contributed by atoms with van der Waals surface area (Å²) in [5, 5.41) is 7.02. The Morgan fingerprint density at radius 3 is 2.69 bits per heavy atom. The van der Waals surface area contributed by atoms with Gasteiger partial charge in [0.25, 0.3) is 5.91 Å². The maximum Gasteiger partial charge on any atom is 0.320 e. The number of carbonyl (C=O) groups excluding carboxylic acids is 2. The average molecular weight is 400 g/mol. The molecule has 2 atom stereocenters. The summed E-state index contributed by atoms with van der Waals surface area (Å²) in [7, 11) is 0. The molecule has 0 aromatic heterocycles. The first-order chi connectivity index (χ1) is 14.1. The summed E-state index contributed by atoms with van der Waals surface area (Å²) < 4.78 is 5.31. The zero-order valence-corrected chi connectivity index (χ0v) is 16.8. The molecule has 3 heterocycles. The Morgan fingerprint density at radius 2 is 1.93 bits per heavy atom. The van der Waals surface area contributed by atoms with Gasteiger partial charge in [0.05, 0.1) is 19.8 Å². The molecule has 0 bridgehead atoms. The molecule has 2 fully saturated rings. The summed E-state index contributed by atoms with van der Waals surface area (Å²) in [6.07, 6.45) is 1.12. The monoisotopic (exact) mass is 400 g/mol. The topological polar surface area (TPSA) is 83.5 Å². The number of benzene rings is 1. The van der Waals surface area contributed by atoms with Crippen molar-refractivity contribution in [1.82, 2.24) is 15.1 Å². The lowest BCUT2D eigenvalue weighted by Crippen LogP contribution is -2.48. The number of amides is 3. The van der Waals surface area contributed by atoms with Crippen molar-refractivity contribution in [3.8, 4) is 0 Å². The Hall–Kier alpha value is -2.61. The summed E-state index contributed by atoms with van der Waals surface area (Å²) in [5.74, 6) is 0.0211. The van der Waals surface area contributed by atoms with E-state index in [9.17, 15) is 9.59 Å². The number of carbonyl (C=O) groups is 2. The van der Waals surface area contributed by atoms with Crippen LogP contribution in [0.2, 0.25) is 0 Å². The van der Waals surface area contributed by atoms with Gasteiger partial charge >= 0.3 is 6.03 Å². The molecule has 1 N–H and O–H groups in total. The van der Waals surface area contributed by atoms with E-state index in [0.29, 0.717) is 64.5 Å². The fraction of sp³-hybridized carbons (Fsp3) is 0.571. The molecule has 8 heteroatoms. The molecule has 0 radical (unpaired) electrons. The first-order valence-electron chi connectivity index (χ1n) is 10.3. The molecule has 1 aromatic rings. The van der Waals surface area contributed by atoms with Crippen LogP contribution in [0.3, 0.4) is 0 Å². The van der Waals surface area contributed by atoms with Crippen molar-refractivity contribution >= 4 is 17.6 Å². The van der Waals surface area contributed by atoms with Crippen LogP contribution in [0.5, 0.6) is 0 Å². The lowest BCUT2D eigenvalue weighted by molar-refractivity contribution is -0.115. The van der Waals surface area contributed by atoms with Gasteiger partial charge in [0.15, 0.2) is 5.60 Å². The van der Waals surface area contributed by atoms with Gasteiger partial charge in [-0.3, -0.25) is 4.79 Å². The van der Waals surface area contributed by atoms with Crippen molar-refractivity contribution in [3.05, 3.63) is 35.9 Å². The van der Waals surface area contributed by atoms with Gasteiger partial charge < -0.3 is 24.7 Å². The van der Waals surface area contributed by atoms with Gasteiger partial charge in [-0.1, -0.05) is 42.4 Å². The molecular weight excluding hydrogens is 372 g/mol. The molecule has 1 spiro atoms. The van der Waals surface area contributed by atoms with Gasteiger partial charge in [0.2, 0.25) is 0 Å². The van der Waals surface area contributed by atoms with Gasteiger partial charge in [-0.2, -0.15) is 0 Å². The van der Waals surface area contributed by atoms with E-state index < -0.39 is 5.60 Å². The molecular formula is C21H28N4O4. The van der Waals surface area contributed by atoms with Gasteiger partial charge in [-0.15, -0.1) is 0 Å². The van der Waals surface area contributed by atoms with Crippen LogP contribution < -0.4 is 5.32 Å². The van der Waals surface area contributed by atoms with Crippen molar-refractivity contribution in [2.75, 3.05) is 45.9 Å². The highest BCUT2D eigenvalue weighted by atomic mass is 16.7. The highest BCUT2D eigenvalue weighted by molar-refractivity contribution is 6.39. The number of morpholine rings is 1. The van der Waals surface area contributed by atoms with Crippen LogP contribution in [0, 0.1) is 0 Å². The minimum absolute atomic E-state index is 0.0170. The quantitative estimate of drug-likeness (QED) is 0.832. The van der Waals surface area contributed by atoms with E-state index >= 15 is 0 Å². The Morgan fingerprint density at radius 1 is 1.17 bits per heavy atom. The van der Waals surface area contributed by atoms with E-state index in [2.05, 4.69) is 29.5 Å². The fourth-order valence-corrected chi connectivity index (χ4v) is 4.07. The Bertz CT molecular complexity index is 778. The number of hydrogen-bond donors (Lipinski definition) is 1. The van der Waals surface area contributed by atoms with Crippen molar-refractivity contribution in [2.45, 2.75) is 31.3 Å². The summed E-state index contributed by atoms with van der Waals surface area (Å²) in [6.45, 7) is 6.09. The third-order valence-electron chi connectivity index (χ3n) is 5.91. The molecule has 4 rings (SSSR count). The number of rotatable bonds is 4. The standard InChI is InChI=1S/C21H28N4O4/c1-16(17-5-3-2-4-6-17)14-22-19(26)18-13-21(29-23-18)7-8-25(15-21)20(27)24-9-11-28-12-10-24/h2-6,16H,7-15H2,1H3,(H,22,26)/t16-,21+/m0/s1. The SMILES string of the molecule is C[C@@H](CNC(=O)C1=NO[C@]2(CCN(C(=O)N3CCOCC3)C2)C1)c1ccccc1. The second kappa shape index (κ2) is 8.41. The van der Waals surface area contributed by atoms with E-state index in [1.54, 1.807) is 4.90 Å². The molecule has 3 aliphatic heterocycles. The summed E-state index contributed by atoms with van der Waals surface area (Å²) in [6, 6.07) is 10.1. The van der Waals surface area contributed by atoms with Crippen LogP contribution >= 0.6 is 0 Å². The zero-order valence-electron chi connectivity index (χ0n) is 16.8. The normalized spacial score (nSPS) is 24.9. The summed E-state index contributed by atoms with van der Waals surface area (Å²) >= 11 is 0. The molecule has 0 saturated carbocycles. The number of nitrogens with zero attached hydrogens (tertiary/aromatic N) is 3. The molecule has 156 valence electrons. The maximum atomic E-state index is 12.7. The van der Waals surface area contributed by atoms with E-state index in [-0.39, 0.29) is 17.9 Å². The van der Waals surface area contributed by atoms with Gasteiger partial charge in [0.1, 0.15) is 5.71 Å². The lowest BCUT2D eigenvalue weighted by atomic mass is 9.96. The van der Waals surface area contributed by atoms with Crippen molar-refractivity contribution in [2.24, 2.45) is 5.16 Å². The number of nitrogens with one attached hydrogen (secondary N) is 1. The fourth-order valence-electron chi connectivity index (χ4n) is 4.07. The summed E-state index contributed by atoms with van der Waals surface area (Å²) in [4.78, 5) is 34.6. The molecule has 0 unspecified atom stereocenters. The van der Waals surface area contributed by atoms with Crippen LogP contribution in [-0.4, -0.2) is 79.0 Å². The number of likely N-dealkylation sites (tertiary alicyclic amines) is 1. The molecule has 3 amide bonds. The molecule has 0 aliphatic carbocycles. The van der Waals surface area contributed by atoms with E-state index in [1.807, 2.05) is 23.1 Å². The highest BCUT2D eigenvalue weighted by Gasteiger charge is 2.48. The Balaban J connectivity index is 1.27. The van der Waals surface area contributed by atoms with Gasteiger partial charge in [0, 0.05) is 39.0 Å². The smallest absolute Gasteiger partial charge is 0.320 e. The van der Waals surface area contributed by atoms with Crippen LogP contribution in [0.25, 0.3) is 0 Å². The molecule has 2 saturated heterocycles. The van der Waals surface area contributed by atoms with E-state index in [0.717, 1.165) is 0 Å². The minimum atomic E-state index is -0.570. The predicted octanol–water partition coefficient (Wildman–Crippen LogP) is 1.58. The number of urea groups is 1. The third kappa shape index (κ3) is 4.37. The lowest BCUT2D eigenvalue weighted by Gasteiger charge is -2.31. The molecule has 8 nitrogen and oxygen atoms in total. The van der Waals surface area contributed by atoms with Crippen LogP contribution in [0.15, 0.2) is 35.5 Å². The Kier molecular flexibility index (Phi) is 5.71. The molecule has 1 aromatic carbocycles. The van der Waals surface area contributed by atoms with Crippen molar-refractivity contribution in [3.63, 3.8) is 0 Å². The van der Waals surface area contributed by atoms with E-state index in [1.165, 1.54) is 5.56 Å². The second-order valence-electron chi connectivity index (χ2n) is 8.06. The second-order valence-corrected chi connectivity index (χ2v) is 8.06. The Labute approximate surface area is 170 Å². The number of hydrogen-bond acceptors (Lipinski definition) is 5.